The van der Waals surface area contributed by atoms with Crippen molar-refractivity contribution in [3.05, 3.63) is 23.8 Å². The van der Waals surface area contributed by atoms with Crippen molar-refractivity contribution in [2.75, 3.05) is 0 Å². The molecule has 56 valence electrons. The van der Waals surface area contributed by atoms with Crippen molar-refractivity contribution in [1.82, 2.24) is 0 Å². The highest BCUT2D eigenvalue weighted by molar-refractivity contribution is 5.53. The van der Waals surface area contributed by atoms with E-state index in [4.69, 9.17) is 10.5 Å². The van der Waals surface area contributed by atoms with E-state index >= 15 is 0 Å². The zero-order valence-corrected chi connectivity index (χ0v) is 6.36. The Morgan fingerprint density at radius 2 is 2.25 bits per heavy atom. The molecule has 3 aliphatic carbocycles. The molecule has 0 aromatic heterocycles. The topological polar surface area (TPSA) is 47.6 Å². The summed E-state index contributed by atoms with van der Waals surface area (Å²) < 4.78 is 0. The summed E-state index contributed by atoms with van der Waals surface area (Å²) in [5.41, 5.74) is 0.662. The zero-order chi connectivity index (χ0) is 8.34. The SMILES string of the molecule is N#CC1=C[C@@H]2[C@@H]3[C@H]1C=C[C@@]32C#N. The van der Waals surface area contributed by atoms with Crippen LogP contribution in [0.1, 0.15) is 0 Å². The predicted molar refractivity (Wildman–Crippen MR) is 41.4 cm³/mol. The van der Waals surface area contributed by atoms with Crippen LogP contribution >= 0.6 is 0 Å². The molecule has 0 spiro atoms. The van der Waals surface area contributed by atoms with Crippen LogP contribution in [-0.2, 0) is 0 Å². The highest BCUT2D eigenvalue weighted by Gasteiger charge is 2.71. The van der Waals surface area contributed by atoms with Crippen LogP contribution in [0.25, 0.3) is 0 Å². The van der Waals surface area contributed by atoms with Crippen LogP contribution in [0.3, 0.4) is 0 Å². The van der Waals surface area contributed by atoms with Crippen LogP contribution in [-0.4, -0.2) is 0 Å². The standard InChI is InChI=1S/C10H6N2/c11-4-6-3-8-9-7(6)1-2-10(8,9)5-12/h1-3,7-9H/t7-,8+,9-,10-/m0/s1. The Labute approximate surface area is 70.4 Å². The lowest BCUT2D eigenvalue weighted by Crippen LogP contribution is -2.01. The summed E-state index contributed by atoms with van der Waals surface area (Å²) in [7, 11) is 0. The highest BCUT2D eigenvalue weighted by atomic mass is 14.7. The molecule has 3 aliphatic rings. The molecule has 0 aromatic rings. The first kappa shape index (κ1) is 6.03. The maximum Gasteiger partial charge on any atom is 0.0950 e. The lowest BCUT2D eigenvalue weighted by molar-refractivity contribution is 0.647. The fourth-order valence-corrected chi connectivity index (χ4v) is 2.73. The number of nitriles is 2. The molecule has 1 fully saturated rings. The van der Waals surface area contributed by atoms with E-state index in [1.165, 1.54) is 0 Å². The summed E-state index contributed by atoms with van der Waals surface area (Å²) in [5, 5.41) is 17.7. The molecule has 0 aromatic carbocycles. The molecule has 2 nitrogen and oxygen atoms in total. The van der Waals surface area contributed by atoms with Gasteiger partial charge in [-0.3, -0.25) is 0 Å². The largest absolute Gasteiger partial charge is 0.197 e. The van der Waals surface area contributed by atoms with Crippen molar-refractivity contribution in [3.63, 3.8) is 0 Å². The highest BCUT2D eigenvalue weighted by Crippen LogP contribution is 2.72. The Bertz CT molecular complexity index is 405. The molecular weight excluding hydrogens is 148 g/mol. The van der Waals surface area contributed by atoms with Crippen LogP contribution in [0.5, 0.6) is 0 Å². The van der Waals surface area contributed by atoms with Crippen molar-refractivity contribution in [1.29, 1.82) is 10.5 Å². The van der Waals surface area contributed by atoms with Crippen LogP contribution in [0.2, 0.25) is 0 Å². The Kier molecular flexibility index (Phi) is 0.739. The Morgan fingerprint density at radius 3 is 2.83 bits per heavy atom. The fourth-order valence-electron chi connectivity index (χ4n) is 2.73. The van der Waals surface area contributed by atoms with Gasteiger partial charge in [0, 0.05) is 23.3 Å². The minimum atomic E-state index is -0.203. The summed E-state index contributed by atoms with van der Waals surface area (Å²) >= 11 is 0. The first-order valence-electron chi connectivity index (χ1n) is 4.06. The average molecular weight is 154 g/mol. The van der Waals surface area contributed by atoms with Crippen molar-refractivity contribution >= 4 is 0 Å². The van der Waals surface area contributed by atoms with Crippen molar-refractivity contribution in [3.8, 4) is 12.1 Å². The minimum absolute atomic E-state index is 0.203. The van der Waals surface area contributed by atoms with E-state index in [-0.39, 0.29) is 11.3 Å². The van der Waals surface area contributed by atoms with E-state index in [2.05, 4.69) is 12.1 Å². The molecule has 0 N–H and O–H groups in total. The monoisotopic (exact) mass is 154 g/mol. The molecule has 0 unspecified atom stereocenters. The predicted octanol–water partition coefficient (Wildman–Crippen LogP) is 1.39. The minimum Gasteiger partial charge on any atom is -0.197 e. The molecule has 4 atom stereocenters. The molecule has 0 amide bonds. The van der Waals surface area contributed by atoms with Crippen LogP contribution < -0.4 is 0 Å². The normalized spacial score (nSPS) is 50.8. The lowest BCUT2D eigenvalue weighted by atomic mass is 9.97. The molecule has 2 heteroatoms. The van der Waals surface area contributed by atoms with Gasteiger partial charge in [0.2, 0.25) is 0 Å². The first-order valence-corrected chi connectivity index (χ1v) is 4.06. The first-order chi connectivity index (χ1) is 5.83. The van der Waals surface area contributed by atoms with Crippen LogP contribution in [0, 0.1) is 45.8 Å². The third kappa shape index (κ3) is 0.374. The van der Waals surface area contributed by atoms with Gasteiger partial charge < -0.3 is 0 Å². The smallest absolute Gasteiger partial charge is 0.0950 e. The lowest BCUT2D eigenvalue weighted by Gasteiger charge is -2.02. The van der Waals surface area contributed by atoms with E-state index < -0.39 is 0 Å². The van der Waals surface area contributed by atoms with Crippen LogP contribution in [0.4, 0.5) is 0 Å². The molecule has 0 saturated heterocycles. The van der Waals surface area contributed by atoms with Crippen molar-refractivity contribution in [2.24, 2.45) is 23.2 Å². The summed E-state index contributed by atoms with van der Waals surface area (Å²) in [6.45, 7) is 0. The maximum absolute atomic E-state index is 8.93. The Balaban J connectivity index is 2.12. The second kappa shape index (κ2) is 1.47. The number of nitrogens with zero attached hydrogens (tertiary/aromatic N) is 2. The van der Waals surface area contributed by atoms with E-state index in [1.807, 2.05) is 18.2 Å². The van der Waals surface area contributed by atoms with Gasteiger partial charge in [-0.25, -0.2) is 0 Å². The second-order valence-corrected chi connectivity index (χ2v) is 3.72. The van der Waals surface area contributed by atoms with E-state index in [9.17, 15) is 0 Å². The number of allylic oxidation sites excluding steroid dienone is 4. The molecule has 1 saturated carbocycles. The van der Waals surface area contributed by atoms with Gasteiger partial charge in [0.1, 0.15) is 0 Å². The molecule has 0 heterocycles. The summed E-state index contributed by atoms with van der Waals surface area (Å²) in [4.78, 5) is 0. The fraction of sp³-hybridized carbons (Fsp3) is 0.400. The molecule has 0 radical (unpaired) electrons. The van der Waals surface area contributed by atoms with Gasteiger partial charge in [0.15, 0.2) is 0 Å². The van der Waals surface area contributed by atoms with Crippen molar-refractivity contribution < 1.29 is 0 Å². The molecular formula is C10H6N2. The van der Waals surface area contributed by atoms with Crippen molar-refractivity contribution in [2.45, 2.75) is 0 Å². The van der Waals surface area contributed by atoms with Gasteiger partial charge in [-0.05, 0) is 0 Å². The Morgan fingerprint density at radius 1 is 1.42 bits per heavy atom. The van der Waals surface area contributed by atoms with Gasteiger partial charge in [-0.2, -0.15) is 10.5 Å². The zero-order valence-electron chi connectivity index (χ0n) is 6.36. The van der Waals surface area contributed by atoms with Crippen LogP contribution in [0.15, 0.2) is 23.8 Å². The summed E-state index contributed by atoms with van der Waals surface area (Å²) in [5.74, 6) is 1.03. The molecule has 0 bridgehead atoms. The third-order valence-corrected chi connectivity index (χ3v) is 3.39. The number of fused-ring (bicyclic) bond motifs is 1. The summed E-state index contributed by atoms with van der Waals surface area (Å²) in [6.07, 6.45) is 6.00. The average Bonchev–Trinajstić information content (AvgIpc) is 2.42. The van der Waals surface area contributed by atoms with Gasteiger partial charge in [0.25, 0.3) is 0 Å². The van der Waals surface area contributed by atoms with Gasteiger partial charge in [0.05, 0.1) is 17.6 Å². The van der Waals surface area contributed by atoms with E-state index in [0.29, 0.717) is 11.8 Å². The number of rotatable bonds is 0. The van der Waals surface area contributed by atoms with Gasteiger partial charge >= 0.3 is 0 Å². The second-order valence-electron chi connectivity index (χ2n) is 3.72. The maximum atomic E-state index is 8.93. The number of hydrogen-bond donors (Lipinski definition) is 0. The van der Waals surface area contributed by atoms with E-state index in [0.717, 1.165) is 5.57 Å². The van der Waals surface area contributed by atoms with Gasteiger partial charge in [-0.1, -0.05) is 18.2 Å². The molecule has 0 aliphatic heterocycles. The Hall–Kier alpha value is -1.54. The molecule has 12 heavy (non-hydrogen) atoms. The van der Waals surface area contributed by atoms with E-state index in [1.54, 1.807) is 0 Å². The summed E-state index contributed by atoms with van der Waals surface area (Å²) in [6, 6.07) is 4.54. The quantitative estimate of drug-likeness (QED) is 0.495. The molecule has 3 rings (SSSR count). The van der Waals surface area contributed by atoms with Gasteiger partial charge in [-0.15, -0.1) is 0 Å². The number of hydrogen-bond acceptors (Lipinski definition) is 2. The third-order valence-electron chi connectivity index (χ3n) is 3.39.